The number of aromatic nitrogens is 4. The largest absolute Gasteiger partial charge is 0.465 e. The van der Waals surface area contributed by atoms with Gasteiger partial charge < -0.3 is 15.5 Å². The minimum absolute atomic E-state index is 0.149. The molecule has 9 heteroatoms. The summed E-state index contributed by atoms with van der Waals surface area (Å²) in [5.41, 5.74) is 7.42. The summed E-state index contributed by atoms with van der Waals surface area (Å²) in [4.78, 5) is 31.2. The third kappa shape index (κ3) is 2.98. The minimum Gasteiger partial charge on any atom is -0.465 e. The summed E-state index contributed by atoms with van der Waals surface area (Å²) >= 11 is 1.19. The Balaban J connectivity index is 2.24. The second-order valence-electron chi connectivity index (χ2n) is 4.74. The van der Waals surface area contributed by atoms with Gasteiger partial charge in [0.1, 0.15) is 0 Å². The molecule has 2 aromatic heterocycles. The van der Waals surface area contributed by atoms with E-state index in [1.165, 1.54) is 18.9 Å². The highest BCUT2D eigenvalue weighted by Crippen LogP contribution is 2.26. The fourth-order valence-electron chi connectivity index (χ4n) is 2.13. The van der Waals surface area contributed by atoms with E-state index in [9.17, 15) is 9.59 Å². The van der Waals surface area contributed by atoms with E-state index in [0.29, 0.717) is 27.7 Å². The molecule has 0 saturated heterocycles. The normalized spacial score (nSPS) is 12.2. The van der Waals surface area contributed by atoms with Gasteiger partial charge in [-0.15, -0.1) is 5.10 Å². The Kier molecular flexibility index (Phi) is 4.55. The first-order valence-corrected chi connectivity index (χ1v) is 7.39. The number of aryl methyl sites for hydroxylation is 1. The average Bonchev–Trinajstić information content (AvgIpc) is 3.00. The average molecular weight is 323 g/mol. The number of hydrogen-bond acceptors (Lipinski definition) is 7. The fourth-order valence-corrected chi connectivity index (χ4v) is 2.92. The number of H-pyrrole nitrogens is 2. The SMILES string of the molecule is COC(=O)c1c(C)[nH]c(C(=O)[C@@H](C)Sc2n[nH]c(N)n2)c1C. The summed E-state index contributed by atoms with van der Waals surface area (Å²) in [6, 6.07) is 0. The predicted molar refractivity (Wildman–Crippen MR) is 82.1 cm³/mol. The fraction of sp³-hybridized carbons (Fsp3) is 0.385. The summed E-state index contributed by atoms with van der Waals surface area (Å²) in [7, 11) is 1.31. The second kappa shape index (κ2) is 6.22. The lowest BCUT2D eigenvalue weighted by molar-refractivity contribution is 0.0599. The number of hydrogen-bond donors (Lipinski definition) is 3. The van der Waals surface area contributed by atoms with Crippen molar-refractivity contribution >= 4 is 29.5 Å². The summed E-state index contributed by atoms with van der Waals surface area (Å²) < 4.78 is 4.74. The number of nitrogens with one attached hydrogen (secondary N) is 2. The highest BCUT2D eigenvalue weighted by atomic mass is 32.2. The molecule has 8 nitrogen and oxygen atoms in total. The molecule has 2 heterocycles. The molecule has 0 aliphatic heterocycles. The smallest absolute Gasteiger partial charge is 0.339 e. The van der Waals surface area contributed by atoms with E-state index in [2.05, 4.69) is 20.2 Å². The monoisotopic (exact) mass is 323 g/mol. The molecule has 0 amide bonds. The number of thioether (sulfide) groups is 1. The summed E-state index contributed by atoms with van der Waals surface area (Å²) in [5.74, 6) is -0.418. The van der Waals surface area contributed by atoms with Gasteiger partial charge in [-0.25, -0.2) is 9.89 Å². The Morgan fingerprint density at radius 2 is 2.05 bits per heavy atom. The minimum atomic E-state index is -0.465. The maximum absolute atomic E-state index is 12.6. The molecule has 2 rings (SSSR count). The molecule has 1 atom stereocenters. The van der Waals surface area contributed by atoms with Crippen LogP contribution in [-0.4, -0.2) is 44.3 Å². The molecule has 2 aromatic rings. The number of carbonyl (C=O) groups excluding carboxylic acids is 2. The van der Waals surface area contributed by atoms with Crippen LogP contribution >= 0.6 is 11.8 Å². The highest BCUT2D eigenvalue weighted by Gasteiger charge is 2.26. The highest BCUT2D eigenvalue weighted by molar-refractivity contribution is 8.00. The third-order valence-corrected chi connectivity index (χ3v) is 4.17. The molecule has 118 valence electrons. The quantitative estimate of drug-likeness (QED) is 0.432. The molecule has 0 radical (unpaired) electrons. The lowest BCUT2D eigenvalue weighted by atomic mass is 10.1. The Morgan fingerprint density at radius 1 is 1.36 bits per heavy atom. The molecule has 0 aliphatic carbocycles. The van der Waals surface area contributed by atoms with Crippen LogP contribution in [0.3, 0.4) is 0 Å². The number of carbonyl (C=O) groups is 2. The van der Waals surface area contributed by atoms with Crippen LogP contribution in [0, 0.1) is 13.8 Å². The van der Waals surface area contributed by atoms with Crippen LogP contribution in [-0.2, 0) is 4.74 Å². The van der Waals surface area contributed by atoms with Crippen LogP contribution in [0.4, 0.5) is 5.95 Å². The van der Waals surface area contributed by atoms with Crippen molar-refractivity contribution in [2.45, 2.75) is 31.2 Å². The van der Waals surface area contributed by atoms with Crippen LogP contribution in [0.5, 0.6) is 0 Å². The number of anilines is 1. The van der Waals surface area contributed by atoms with E-state index in [1.54, 1.807) is 20.8 Å². The summed E-state index contributed by atoms with van der Waals surface area (Å²) in [6.07, 6.45) is 0. The first-order chi connectivity index (χ1) is 10.3. The van der Waals surface area contributed by atoms with Gasteiger partial charge in [-0.3, -0.25) is 4.79 Å². The topological polar surface area (TPSA) is 127 Å². The predicted octanol–water partition coefficient (Wildman–Crippen LogP) is 1.48. The number of nitrogens with zero attached hydrogens (tertiary/aromatic N) is 2. The van der Waals surface area contributed by atoms with Gasteiger partial charge in [-0.1, -0.05) is 11.8 Å². The number of rotatable bonds is 5. The standard InChI is InChI=1S/C13H17N5O3S/c1-5-8(11(20)21-4)6(2)15-9(5)10(19)7(3)22-13-16-12(14)17-18-13/h7,15H,1-4H3,(H3,14,16,17,18)/t7-/m1/s1. The molecule has 0 unspecified atom stereocenters. The van der Waals surface area contributed by atoms with Crippen molar-refractivity contribution in [1.29, 1.82) is 0 Å². The van der Waals surface area contributed by atoms with Crippen molar-refractivity contribution in [1.82, 2.24) is 20.2 Å². The van der Waals surface area contributed by atoms with Crippen LogP contribution in [0.1, 0.15) is 39.0 Å². The lowest BCUT2D eigenvalue weighted by Crippen LogP contribution is -2.15. The Hall–Kier alpha value is -2.29. The van der Waals surface area contributed by atoms with E-state index in [-0.39, 0.29) is 11.7 Å². The summed E-state index contributed by atoms with van der Waals surface area (Å²) in [6.45, 7) is 5.18. The van der Waals surface area contributed by atoms with Gasteiger partial charge in [0.25, 0.3) is 0 Å². The van der Waals surface area contributed by atoms with Crippen molar-refractivity contribution in [3.63, 3.8) is 0 Å². The van der Waals surface area contributed by atoms with E-state index in [1.807, 2.05) is 0 Å². The molecular weight excluding hydrogens is 306 g/mol. The molecular formula is C13H17N5O3S. The zero-order valence-electron chi connectivity index (χ0n) is 12.7. The molecule has 22 heavy (non-hydrogen) atoms. The van der Waals surface area contributed by atoms with Crippen molar-refractivity contribution in [2.75, 3.05) is 12.8 Å². The zero-order chi connectivity index (χ0) is 16.4. The van der Waals surface area contributed by atoms with Crippen molar-refractivity contribution in [3.05, 3.63) is 22.5 Å². The Labute approximate surface area is 131 Å². The molecule has 0 aromatic carbocycles. The molecule has 0 fully saturated rings. The molecule has 0 spiro atoms. The van der Waals surface area contributed by atoms with Gasteiger partial charge in [-0.05, 0) is 26.3 Å². The van der Waals surface area contributed by atoms with Gasteiger partial charge in [-0.2, -0.15) is 4.98 Å². The Morgan fingerprint density at radius 3 is 2.59 bits per heavy atom. The number of ketones is 1. The van der Waals surface area contributed by atoms with Crippen LogP contribution in [0.15, 0.2) is 5.16 Å². The number of nitrogens with two attached hydrogens (primary N) is 1. The first-order valence-electron chi connectivity index (χ1n) is 6.51. The van der Waals surface area contributed by atoms with Crippen molar-refractivity contribution in [2.24, 2.45) is 0 Å². The Bertz CT molecular complexity index is 721. The maximum atomic E-state index is 12.6. The number of esters is 1. The zero-order valence-corrected chi connectivity index (χ0v) is 13.5. The van der Waals surface area contributed by atoms with E-state index < -0.39 is 11.2 Å². The van der Waals surface area contributed by atoms with Gasteiger partial charge in [0, 0.05) is 5.69 Å². The van der Waals surface area contributed by atoms with Crippen LogP contribution in [0.2, 0.25) is 0 Å². The number of methoxy groups -OCH3 is 1. The number of ether oxygens (including phenoxy) is 1. The van der Waals surface area contributed by atoms with E-state index in [0.717, 1.165) is 0 Å². The third-order valence-electron chi connectivity index (χ3n) is 3.21. The number of Topliss-reactive ketones (excluding diaryl/α,β-unsaturated/α-hetero) is 1. The maximum Gasteiger partial charge on any atom is 0.339 e. The van der Waals surface area contributed by atoms with E-state index >= 15 is 0 Å². The molecule has 4 N–H and O–H groups in total. The van der Waals surface area contributed by atoms with Gasteiger partial charge in [0.2, 0.25) is 11.1 Å². The molecule has 0 bridgehead atoms. The van der Waals surface area contributed by atoms with Crippen molar-refractivity contribution in [3.8, 4) is 0 Å². The van der Waals surface area contributed by atoms with Crippen LogP contribution < -0.4 is 5.73 Å². The first kappa shape index (κ1) is 16.1. The van der Waals surface area contributed by atoms with Crippen molar-refractivity contribution < 1.29 is 14.3 Å². The van der Waals surface area contributed by atoms with Gasteiger partial charge in [0.05, 0.1) is 23.6 Å². The second-order valence-corrected chi connectivity index (χ2v) is 6.05. The van der Waals surface area contributed by atoms with Gasteiger partial charge >= 0.3 is 5.97 Å². The summed E-state index contributed by atoms with van der Waals surface area (Å²) in [5, 5.41) is 6.36. The van der Waals surface area contributed by atoms with E-state index in [4.69, 9.17) is 10.5 Å². The van der Waals surface area contributed by atoms with Gasteiger partial charge in [0.15, 0.2) is 5.78 Å². The number of aromatic amines is 2. The lowest BCUT2D eigenvalue weighted by Gasteiger charge is -2.07. The molecule has 0 saturated carbocycles. The van der Waals surface area contributed by atoms with Crippen LogP contribution in [0.25, 0.3) is 0 Å². The number of nitrogen functional groups attached to an aromatic ring is 1. The molecule has 0 aliphatic rings.